The first-order chi connectivity index (χ1) is 7.83. The second-order valence-corrected chi connectivity index (χ2v) is 4.08. The highest BCUT2D eigenvalue weighted by atomic mass is 35.5. The lowest BCUT2D eigenvalue weighted by Crippen LogP contribution is -2.00. The van der Waals surface area contributed by atoms with Crippen LogP contribution in [0.25, 0.3) is 11.5 Å². The molecule has 82 valence electrons. The minimum Gasteiger partial charge on any atom is -0.335 e. The Morgan fingerprint density at radius 3 is 3.06 bits per heavy atom. The molecule has 1 N–H and O–H groups in total. The molecule has 0 amide bonds. The summed E-state index contributed by atoms with van der Waals surface area (Å²) in [6.07, 6.45) is 3.95. The molecule has 0 spiro atoms. The highest BCUT2D eigenvalue weighted by Gasteiger charge is 2.23. The van der Waals surface area contributed by atoms with E-state index in [4.69, 9.17) is 16.1 Å². The minimum atomic E-state index is 0.411. The third-order valence-electron chi connectivity index (χ3n) is 2.30. The molecule has 0 aliphatic heterocycles. The van der Waals surface area contributed by atoms with Gasteiger partial charge in [0.1, 0.15) is 5.69 Å². The molecule has 1 aliphatic carbocycles. The molecule has 0 unspecified atom stereocenters. The highest BCUT2D eigenvalue weighted by molar-refractivity contribution is 6.32. The van der Waals surface area contributed by atoms with Gasteiger partial charge in [-0.2, -0.15) is 4.98 Å². The van der Waals surface area contributed by atoms with Gasteiger partial charge < -0.3 is 9.84 Å². The normalized spacial score (nSPS) is 15.1. The topological polar surface area (TPSA) is 63.8 Å². The van der Waals surface area contributed by atoms with Gasteiger partial charge in [-0.25, -0.2) is 0 Å². The molecule has 2 heterocycles. The molecule has 0 saturated heterocycles. The summed E-state index contributed by atoms with van der Waals surface area (Å²) in [6, 6.07) is 4.41. The molecule has 2 aromatic heterocycles. The van der Waals surface area contributed by atoms with E-state index in [9.17, 15) is 0 Å². The Labute approximate surface area is 96.8 Å². The Hall–Kier alpha value is -1.62. The predicted molar refractivity (Wildman–Crippen MR) is 59.2 cm³/mol. The van der Waals surface area contributed by atoms with Crippen molar-refractivity contribution in [1.29, 1.82) is 0 Å². The van der Waals surface area contributed by atoms with Crippen molar-refractivity contribution in [3.8, 4) is 11.5 Å². The number of hydrogen-bond donors (Lipinski definition) is 1. The molecule has 5 nitrogen and oxygen atoms in total. The molecule has 0 bridgehead atoms. The van der Waals surface area contributed by atoms with Crippen LogP contribution in [0.15, 0.2) is 22.9 Å². The van der Waals surface area contributed by atoms with E-state index in [2.05, 4.69) is 20.4 Å². The number of halogens is 1. The molecule has 2 aromatic rings. The summed E-state index contributed by atoms with van der Waals surface area (Å²) in [5.41, 5.74) is 0.539. The van der Waals surface area contributed by atoms with Crippen LogP contribution in [-0.4, -0.2) is 21.2 Å². The van der Waals surface area contributed by atoms with Crippen LogP contribution in [0.4, 0.5) is 6.01 Å². The third kappa shape index (κ3) is 1.86. The monoisotopic (exact) mass is 236 g/mol. The molecule has 16 heavy (non-hydrogen) atoms. The first-order valence-corrected chi connectivity index (χ1v) is 5.42. The van der Waals surface area contributed by atoms with Crippen LogP contribution >= 0.6 is 11.6 Å². The summed E-state index contributed by atoms with van der Waals surface area (Å²) >= 11 is 5.98. The lowest BCUT2D eigenvalue weighted by Gasteiger charge is -1.95. The van der Waals surface area contributed by atoms with Crippen molar-refractivity contribution < 1.29 is 4.52 Å². The lowest BCUT2D eigenvalue weighted by atomic mass is 10.3. The van der Waals surface area contributed by atoms with E-state index < -0.39 is 0 Å². The van der Waals surface area contributed by atoms with Gasteiger partial charge in [0.15, 0.2) is 0 Å². The molecular weight excluding hydrogens is 228 g/mol. The smallest absolute Gasteiger partial charge is 0.322 e. The van der Waals surface area contributed by atoms with Crippen LogP contribution in [0.2, 0.25) is 5.02 Å². The Kier molecular flexibility index (Phi) is 2.25. The number of rotatable bonds is 3. The summed E-state index contributed by atoms with van der Waals surface area (Å²) in [7, 11) is 0. The van der Waals surface area contributed by atoms with Crippen LogP contribution in [0.5, 0.6) is 0 Å². The fourth-order valence-electron chi connectivity index (χ4n) is 1.33. The minimum absolute atomic E-state index is 0.411. The average Bonchev–Trinajstić information content (AvgIpc) is 2.97. The first-order valence-electron chi connectivity index (χ1n) is 5.04. The number of nitrogens with zero attached hydrogens (tertiary/aromatic N) is 3. The predicted octanol–water partition coefficient (Wildman–Crippen LogP) is 2.36. The summed E-state index contributed by atoms with van der Waals surface area (Å²) in [5, 5.41) is 7.46. The second kappa shape index (κ2) is 3.75. The Bertz CT molecular complexity index is 509. The Balaban J connectivity index is 1.88. The van der Waals surface area contributed by atoms with Crippen LogP contribution in [-0.2, 0) is 0 Å². The van der Waals surface area contributed by atoms with E-state index in [1.165, 1.54) is 0 Å². The fraction of sp³-hybridized carbons (Fsp3) is 0.300. The van der Waals surface area contributed by atoms with E-state index in [0.29, 0.717) is 28.6 Å². The van der Waals surface area contributed by atoms with Gasteiger partial charge in [-0.3, -0.25) is 4.98 Å². The van der Waals surface area contributed by atoms with Crippen LogP contribution in [0.1, 0.15) is 12.8 Å². The number of anilines is 1. The zero-order chi connectivity index (χ0) is 11.0. The number of pyridine rings is 1. The molecule has 3 rings (SSSR count). The number of hydrogen-bond acceptors (Lipinski definition) is 5. The molecule has 0 aromatic carbocycles. The standard InChI is InChI=1S/C10H9ClN4O/c11-7-2-1-5-12-8(7)9-14-10(16-15-9)13-6-3-4-6/h1-2,5-6H,3-4H2,(H,13,14,15). The molecular formula is C10H9ClN4O. The van der Waals surface area contributed by atoms with Crippen molar-refractivity contribution in [1.82, 2.24) is 15.1 Å². The third-order valence-corrected chi connectivity index (χ3v) is 2.61. The van der Waals surface area contributed by atoms with Crippen molar-refractivity contribution in [2.75, 3.05) is 5.32 Å². The summed E-state index contributed by atoms with van der Waals surface area (Å²) in [5.74, 6) is 0.411. The summed E-state index contributed by atoms with van der Waals surface area (Å²) in [4.78, 5) is 8.30. The van der Waals surface area contributed by atoms with E-state index in [1.807, 2.05) is 0 Å². The van der Waals surface area contributed by atoms with Crippen molar-refractivity contribution in [2.45, 2.75) is 18.9 Å². The van der Waals surface area contributed by atoms with E-state index in [0.717, 1.165) is 12.8 Å². The van der Waals surface area contributed by atoms with Crippen molar-refractivity contribution in [3.05, 3.63) is 23.4 Å². The van der Waals surface area contributed by atoms with Crippen molar-refractivity contribution in [2.24, 2.45) is 0 Å². The molecule has 1 saturated carbocycles. The van der Waals surface area contributed by atoms with Gasteiger partial charge in [-0.15, -0.1) is 0 Å². The van der Waals surface area contributed by atoms with Gasteiger partial charge in [-0.1, -0.05) is 16.8 Å². The lowest BCUT2D eigenvalue weighted by molar-refractivity contribution is 0.431. The van der Waals surface area contributed by atoms with Gasteiger partial charge >= 0.3 is 6.01 Å². The summed E-state index contributed by atoms with van der Waals surface area (Å²) < 4.78 is 5.05. The quantitative estimate of drug-likeness (QED) is 0.886. The molecule has 0 atom stereocenters. The highest BCUT2D eigenvalue weighted by Crippen LogP contribution is 2.26. The summed E-state index contributed by atoms with van der Waals surface area (Å²) in [6.45, 7) is 0. The van der Waals surface area contributed by atoms with Gasteiger partial charge in [0.2, 0.25) is 5.82 Å². The maximum Gasteiger partial charge on any atom is 0.322 e. The Morgan fingerprint density at radius 1 is 1.44 bits per heavy atom. The number of aromatic nitrogens is 3. The molecule has 0 radical (unpaired) electrons. The first kappa shape index (κ1) is 9.59. The zero-order valence-electron chi connectivity index (χ0n) is 8.35. The number of nitrogens with one attached hydrogen (secondary N) is 1. The maximum absolute atomic E-state index is 5.98. The maximum atomic E-state index is 5.98. The largest absolute Gasteiger partial charge is 0.335 e. The second-order valence-electron chi connectivity index (χ2n) is 3.68. The van der Waals surface area contributed by atoms with E-state index >= 15 is 0 Å². The van der Waals surface area contributed by atoms with Crippen LogP contribution in [0, 0.1) is 0 Å². The van der Waals surface area contributed by atoms with E-state index in [-0.39, 0.29) is 0 Å². The van der Waals surface area contributed by atoms with E-state index in [1.54, 1.807) is 18.3 Å². The SMILES string of the molecule is Clc1cccnc1-c1noc(NC2CC2)n1. The molecule has 6 heteroatoms. The van der Waals surface area contributed by atoms with Crippen molar-refractivity contribution >= 4 is 17.6 Å². The van der Waals surface area contributed by atoms with Crippen LogP contribution in [0.3, 0.4) is 0 Å². The molecule has 1 fully saturated rings. The molecule has 1 aliphatic rings. The van der Waals surface area contributed by atoms with Crippen LogP contribution < -0.4 is 5.32 Å². The van der Waals surface area contributed by atoms with Gasteiger partial charge in [0, 0.05) is 12.2 Å². The zero-order valence-corrected chi connectivity index (χ0v) is 9.11. The van der Waals surface area contributed by atoms with Gasteiger partial charge in [0.05, 0.1) is 5.02 Å². The van der Waals surface area contributed by atoms with Gasteiger partial charge in [0.25, 0.3) is 0 Å². The fourth-order valence-corrected chi connectivity index (χ4v) is 1.54. The average molecular weight is 237 g/mol. The van der Waals surface area contributed by atoms with Crippen molar-refractivity contribution in [3.63, 3.8) is 0 Å². The Morgan fingerprint density at radius 2 is 2.31 bits per heavy atom. The van der Waals surface area contributed by atoms with Gasteiger partial charge in [-0.05, 0) is 25.0 Å².